The molecule has 174 valence electrons. The summed E-state index contributed by atoms with van der Waals surface area (Å²) in [5.41, 5.74) is 1.71. The number of hydrogen-bond donors (Lipinski definition) is 0. The molecule has 0 radical (unpaired) electrons. The predicted octanol–water partition coefficient (Wildman–Crippen LogP) is 7.00. The third-order valence-corrected chi connectivity index (χ3v) is 7.24. The van der Waals surface area contributed by atoms with Crippen LogP contribution >= 0.6 is 27.3 Å². The molecule has 6 nitrogen and oxygen atoms in total. The van der Waals surface area contributed by atoms with E-state index in [4.69, 9.17) is 4.42 Å². The summed E-state index contributed by atoms with van der Waals surface area (Å²) in [6.07, 6.45) is 2.70. The van der Waals surface area contributed by atoms with Gasteiger partial charge in [-0.15, -0.1) is 0 Å². The van der Waals surface area contributed by atoms with Gasteiger partial charge in [-0.25, -0.2) is 4.98 Å². The zero-order chi connectivity index (χ0) is 24.6. The average Bonchev–Trinajstić information content (AvgIpc) is 3.32. The highest BCUT2D eigenvalue weighted by Gasteiger charge is 2.23. The van der Waals surface area contributed by atoms with Gasteiger partial charge in [0.1, 0.15) is 11.8 Å². The van der Waals surface area contributed by atoms with E-state index in [2.05, 4.69) is 26.0 Å². The molecule has 0 fully saturated rings. The van der Waals surface area contributed by atoms with Crippen LogP contribution in [0.15, 0.2) is 110 Å². The molecule has 2 heterocycles. The van der Waals surface area contributed by atoms with Crippen LogP contribution in [0.3, 0.4) is 0 Å². The number of para-hydroxylation sites is 1. The monoisotopic (exact) mass is 553 g/mol. The molecule has 0 spiro atoms. The number of halogens is 1. The number of carbonyl (C=O) groups is 1. The number of anilines is 1. The molecular formula is C28H16BrN3O3S. The summed E-state index contributed by atoms with van der Waals surface area (Å²) < 4.78 is 7.42. The number of hydrazone groups is 1. The second kappa shape index (κ2) is 9.14. The van der Waals surface area contributed by atoms with Crippen molar-refractivity contribution in [1.29, 1.82) is 0 Å². The van der Waals surface area contributed by atoms with Gasteiger partial charge in [-0.3, -0.25) is 9.59 Å². The van der Waals surface area contributed by atoms with E-state index in [1.165, 1.54) is 28.8 Å². The maximum atomic E-state index is 13.9. The molecule has 0 unspecified atom stereocenters. The van der Waals surface area contributed by atoms with E-state index in [-0.39, 0.29) is 16.9 Å². The van der Waals surface area contributed by atoms with Gasteiger partial charge in [-0.2, -0.15) is 10.1 Å². The lowest BCUT2D eigenvalue weighted by Crippen LogP contribution is -2.26. The van der Waals surface area contributed by atoms with Gasteiger partial charge in [0.05, 0.1) is 27.4 Å². The van der Waals surface area contributed by atoms with Crippen molar-refractivity contribution in [3.63, 3.8) is 0 Å². The SMILES string of the molecule is O=C(c1cccc2ccccc12)N(/N=C/c1coc2ccccc2c1=O)c1nc2ccc(Br)cc2s1. The van der Waals surface area contributed by atoms with Crippen LogP contribution in [0, 0.1) is 0 Å². The summed E-state index contributed by atoms with van der Waals surface area (Å²) in [7, 11) is 0. The minimum Gasteiger partial charge on any atom is -0.463 e. The van der Waals surface area contributed by atoms with Crippen LogP contribution in [0.4, 0.5) is 5.13 Å². The van der Waals surface area contributed by atoms with Crippen LogP contribution in [0.5, 0.6) is 0 Å². The van der Waals surface area contributed by atoms with Crippen molar-refractivity contribution in [2.45, 2.75) is 0 Å². The average molecular weight is 554 g/mol. The first-order chi connectivity index (χ1) is 17.6. The summed E-state index contributed by atoms with van der Waals surface area (Å²) in [4.78, 5) is 31.5. The van der Waals surface area contributed by atoms with Gasteiger partial charge in [0.15, 0.2) is 0 Å². The van der Waals surface area contributed by atoms with Crippen molar-refractivity contribution in [2.75, 3.05) is 5.01 Å². The molecule has 2 aromatic heterocycles. The van der Waals surface area contributed by atoms with E-state index in [0.29, 0.717) is 21.7 Å². The Morgan fingerprint density at radius 2 is 1.75 bits per heavy atom. The van der Waals surface area contributed by atoms with Crippen molar-refractivity contribution in [1.82, 2.24) is 4.98 Å². The number of aromatic nitrogens is 1. The molecule has 0 N–H and O–H groups in total. The van der Waals surface area contributed by atoms with E-state index in [1.54, 1.807) is 30.3 Å². The number of amides is 1. The van der Waals surface area contributed by atoms with E-state index in [9.17, 15) is 9.59 Å². The topological polar surface area (TPSA) is 75.8 Å². The number of benzene rings is 4. The smallest absolute Gasteiger partial charge is 0.281 e. The Kier molecular flexibility index (Phi) is 5.67. The van der Waals surface area contributed by atoms with E-state index < -0.39 is 0 Å². The molecule has 4 aromatic carbocycles. The minimum absolute atomic E-state index is 0.230. The quantitative estimate of drug-likeness (QED) is 0.174. The van der Waals surface area contributed by atoms with Crippen molar-refractivity contribution >= 4 is 76.5 Å². The molecule has 0 saturated heterocycles. The molecule has 8 heteroatoms. The Balaban J connectivity index is 1.49. The van der Waals surface area contributed by atoms with E-state index in [1.807, 2.05) is 54.6 Å². The van der Waals surface area contributed by atoms with Crippen LogP contribution in [-0.2, 0) is 0 Å². The van der Waals surface area contributed by atoms with Crippen molar-refractivity contribution in [3.8, 4) is 0 Å². The third-order valence-electron chi connectivity index (χ3n) is 5.75. The van der Waals surface area contributed by atoms with Gasteiger partial charge in [0, 0.05) is 10.0 Å². The van der Waals surface area contributed by atoms with Crippen LogP contribution in [0.25, 0.3) is 32.0 Å². The third kappa shape index (κ3) is 4.00. The normalized spacial score (nSPS) is 11.6. The van der Waals surface area contributed by atoms with Crippen molar-refractivity contribution in [3.05, 3.63) is 117 Å². The maximum Gasteiger partial charge on any atom is 0.281 e. The number of nitrogens with zero attached hydrogens (tertiary/aromatic N) is 3. The highest BCUT2D eigenvalue weighted by atomic mass is 79.9. The largest absolute Gasteiger partial charge is 0.463 e. The molecule has 0 bridgehead atoms. The number of fused-ring (bicyclic) bond motifs is 3. The van der Waals surface area contributed by atoms with Crippen LogP contribution in [0.1, 0.15) is 15.9 Å². The first-order valence-electron chi connectivity index (χ1n) is 11.0. The van der Waals surface area contributed by atoms with Gasteiger partial charge in [-0.05, 0) is 47.2 Å². The number of thiazole rings is 1. The molecule has 6 aromatic rings. The molecular weight excluding hydrogens is 538 g/mol. The number of carbonyl (C=O) groups excluding carboxylic acids is 1. The van der Waals surface area contributed by atoms with Crippen molar-refractivity contribution in [2.24, 2.45) is 5.10 Å². The van der Waals surface area contributed by atoms with Gasteiger partial charge in [0.25, 0.3) is 5.91 Å². The first kappa shape index (κ1) is 22.3. The highest BCUT2D eigenvalue weighted by molar-refractivity contribution is 9.10. The summed E-state index contributed by atoms with van der Waals surface area (Å²) in [5, 5.41) is 8.29. The molecule has 0 aliphatic carbocycles. The van der Waals surface area contributed by atoms with Gasteiger partial charge < -0.3 is 4.42 Å². The lowest BCUT2D eigenvalue weighted by molar-refractivity contribution is 0.0989. The zero-order valence-electron chi connectivity index (χ0n) is 18.6. The fraction of sp³-hybridized carbons (Fsp3) is 0. The Hall–Kier alpha value is -4.14. The van der Waals surface area contributed by atoms with E-state index >= 15 is 0 Å². The Bertz CT molecular complexity index is 1870. The molecule has 0 saturated carbocycles. The Morgan fingerprint density at radius 1 is 0.972 bits per heavy atom. The summed E-state index contributed by atoms with van der Waals surface area (Å²) in [6, 6.07) is 25.9. The highest BCUT2D eigenvalue weighted by Crippen LogP contribution is 2.32. The fourth-order valence-corrected chi connectivity index (χ4v) is 5.47. The second-order valence-electron chi connectivity index (χ2n) is 8.01. The fourth-order valence-electron chi connectivity index (χ4n) is 3.99. The molecule has 0 atom stereocenters. The summed E-state index contributed by atoms with van der Waals surface area (Å²) in [6.45, 7) is 0. The second-order valence-corrected chi connectivity index (χ2v) is 9.94. The first-order valence-corrected chi connectivity index (χ1v) is 12.6. The predicted molar refractivity (Wildman–Crippen MR) is 148 cm³/mol. The minimum atomic E-state index is -0.355. The lowest BCUT2D eigenvalue weighted by Gasteiger charge is -2.15. The van der Waals surface area contributed by atoms with Crippen LogP contribution < -0.4 is 10.4 Å². The molecule has 1 amide bonds. The molecule has 0 aliphatic heterocycles. The van der Waals surface area contributed by atoms with Gasteiger partial charge in [0.2, 0.25) is 10.6 Å². The van der Waals surface area contributed by atoms with Gasteiger partial charge >= 0.3 is 0 Å². The van der Waals surface area contributed by atoms with Gasteiger partial charge in [-0.1, -0.05) is 75.8 Å². The van der Waals surface area contributed by atoms with Crippen molar-refractivity contribution < 1.29 is 9.21 Å². The Morgan fingerprint density at radius 3 is 2.64 bits per heavy atom. The molecule has 6 rings (SSSR count). The molecule has 0 aliphatic rings. The summed E-state index contributed by atoms with van der Waals surface area (Å²) >= 11 is 4.82. The number of rotatable bonds is 4. The summed E-state index contributed by atoms with van der Waals surface area (Å²) in [5.74, 6) is -0.355. The van der Waals surface area contributed by atoms with Crippen LogP contribution in [0.2, 0.25) is 0 Å². The standard InChI is InChI=1S/C28H16BrN3O3S/c29-19-12-13-23-25(14-19)36-28(31-23)32(27(34)21-10-5-7-17-6-1-2-8-20(17)21)30-15-18-16-35-24-11-4-3-9-22(24)26(18)33/h1-16H/b30-15+. The van der Waals surface area contributed by atoms with Crippen LogP contribution in [-0.4, -0.2) is 17.1 Å². The Labute approximate surface area is 217 Å². The lowest BCUT2D eigenvalue weighted by atomic mass is 10.0. The molecule has 36 heavy (non-hydrogen) atoms. The number of hydrogen-bond acceptors (Lipinski definition) is 6. The van der Waals surface area contributed by atoms with E-state index in [0.717, 1.165) is 25.5 Å². The zero-order valence-corrected chi connectivity index (χ0v) is 21.0. The maximum absolute atomic E-state index is 13.9.